The minimum Gasteiger partial charge on any atom is -0.392 e. The van der Waals surface area contributed by atoms with Crippen LogP contribution in [0.4, 0.5) is 0 Å². The van der Waals surface area contributed by atoms with E-state index >= 15 is 0 Å². The Balaban J connectivity index is 4.41. The highest BCUT2D eigenvalue weighted by Crippen LogP contribution is 2.27. The summed E-state index contributed by atoms with van der Waals surface area (Å²) in [6, 6.07) is 0. The van der Waals surface area contributed by atoms with Gasteiger partial charge in [0.1, 0.15) is 0 Å². The molecule has 0 heterocycles. The molecule has 0 aliphatic heterocycles. The largest absolute Gasteiger partial charge is 0.392 e. The second-order valence-electron chi connectivity index (χ2n) is 7.50. The SMILES string of the molecule is CCC(CN(CC(C)C)CC(C)O)CC(C)(C)C. The normalized spacial score (nSPS) is 16.3. The van der Waals surface area contributed by atoms with Gasteiger partial charge in [-0.3, -0.25) is 0 Å². The van der Waals surface area contributed by atoms with Crippen LogP contribution in [0, 0.1) is 17.3 Å². The van der Waals surface area contributed by atoms with E-state index in [1.54, 1.807) is 0 Å². The summed E-state index contributed by atoms with van der Waals surface area (Å²) >= 11 is 0. The Kier molecular flexibility index (Phi) is 8.13. The van der Waals surface area contributed by atoms with E-state index in [1.165, 1.54) is 12.8 Å². The third-order valence-electron chi connectivity index (χ3n) is 3.14. The van der Waals surface area contributed by atoms with E-state index in [0.29, 0.717) is 11.3 Å². The first-order valence-electron chi connectivity index (χ1n) is 7.54. The molecule has 0 spiro atoms. The summed E-state index contributed by atoms with van der Waals surface area (Å²) in [5.74, 6) is 1.40. The van der Waals surface area contributed by atoms with E-state index in [1.807, 2.05) is 6.92 Å². The fraction of sp³-hybridized carbons (Fsp3) is 1.00. The van der Waals surface area contributed by atoms with E-state index in [-0.39, 0.29) is 6.10 Å². The Morgan fingerprint density at radius 2 is 1.56 bits per heavy atom. The zero-order valence-electron chi connectivity index (χ0n) is 13.7. The lowest BCUT2D eigenvalue weighted by molar-refractivity contribution is 0.0987. The van der Waals surface area contributed by atoms with Gasteiger partial charge in [-0.15, -0.1) is 0 Å². The van der Waals surface area contributed by atoms with Crippen molar-refractivity contribution in [2.45, 2.75) is 67.4 Å². The van der Waals surface area contributed by atoms with Crippen molar-refractivity contribution < 1.29 is 5.11 Å². The highest BCUT2D eigenvalue weighted by molar-refractivity contribution is 4.73. The Bertz CT molecular complexity index is 196. The molecule has 0 aliphatic rings. The first-order valence-corrected chi connectivity index (χ1v) is 7.54. The van der Waals surface area contributed by atoms with Crippen LogP contribution in [0.25, 0.3) is 0 Å². The number of nitrogens with zero attached hydrogens (tertiary/aromatic N) is 1. The summed E-state index contributed by atoms with van der Waals surface area (Å²) in [5.41, 5.74) is 0.398. The molecule has 110 valence electrons. The van der Waals surface area contributed by atoms with Gasteiger partial charge in [0.15, 0.2) is 0 Å². The van der Waals surface area contributed by atoms with Crippen molar-refractivity contribution in [3.63, 3.8) is 0 Å². The van der Waals surface area contributed by atoms with Gasteiger partial charge in [0.25, 0.3) is 0 Å². The number of hydrogen-bond acceptors (Lipinski definition) is 2. The third-order valence-corrected chi connectivity index (χ3v) is 3.14. The average Bonchev–Trinajstić information content (AvgIpc) is 2.12. The molecule has 0 aliphatic carbocycles. The molecule has 2 atom stereocenters. The Morgan fingerprint density at radius 3 is 1.89 bits per heavy atom. The Morgan fingerprint density at radius 1 is 1.00 bits per heavy atom. The van der Waals surface area contributed by atoms with Gasteiger partial charge in [-0.25, -0.2) is 0 Å². The molecule has 2 heteroatoms. The molecule has 0 aromatic rings. The van der Waals surface area contributed by atoms with Gasteiger partial charge in [0.05, 0.1) is 6.10 Å². The maximum atomic E-state index is 9.61. The van der Waals surface area contributed by atoms with Gasteiger partial charge in [-0.1, -0.05) is 48.0 Å². The molecule has 18 heavy (non-hydrogen) atoms. The monoisotopic (exact) mass is 257 g/mol. The highest BCUT2D eigenvalue weighted by atomic mass is 16.3. The topological polar surface area (TPSA) is 23.5 Å². The van der Waals surface area contributed by atoms with Crippen LogP contribution in [0.1, 0.15) is 61.3 Å². The molecule has 0 amide bonds. The maximum absolute atomic E-state index is 9.61. The minimum absolute atomic E-state index is 0.226. The van der Waals surface area contributed by atoms with E-state index < -0.39 is 0 Å². The van der Waals surface area contributed by atoms with Crippen molar-refractivity contribution in [2.24, 2.45) is 17.3 Å². The smallest absolute Gasteiger partial charge is 0.0639 e. The zero-order valence-corrected chi connectivity index (χ0v) is 13.7. The Labute approximate surface area is 115 Å². The number of hydrogen-bond donors (Lipinski definition) is 1. The van der Waals surface area contributed by atoms with E-state index in [9.17, 15) is 5.11 Å². The lowest BCUT2D eigenvalue weighted by atomic mass is 9.83. The average molecular weight is 257 g/mol. The molecule has 1 N–H and O–H groups in total. The van der Waals surface area contributed by atoms with Crippen LogP contribution >= 0.6 is 0 Å². The lowest BCUT2D eigenvalue weighted by Gasteiger charge is -2.32. The van der Waals surface area contributed by atoms with Crippen LogP contribution in [0.5, 0.6) is 0 Å². The van der Waals surface area contributed by atoms with Crippen molar-refractivity contribution in [1.29, 1.82) is 0 Å². The molecule has 0 bridgehead atoms. The summed E-state index contributed by atoms with van der Waals surface area (Å²) in [5, 5.41) is 9.61. The van der Waals surface area contributed by atoms with Crippen molar-refractivity contribution in [1.82, 2.24) is 4.90 Å². The second-order valence-corrected chi connectivity index (χ2v) is 7.50. The van der Waals surface area contributed by atoms with Crippen molar-refractivity contribution in [3.05, 3.63) is 0 Å². The molecule has 0 aromatic heterocycles. The van der Waals surface area contributed by atoms with Gasteiger partial charge >= 0.3 is 0 Å². The minimum atomic E-state index is -0.226. The molecule has 0 rings (SSSR count). The molecule has 2 nitrogen and oxygen atoms in total. The molecule has 0 saturated carbocycles. The first kappa shape index (κ1) is 17.9. The second kappa shape index (κ2) is 8.16. The van der Waals surface area contributed by atoms with Crippen molar-refractivity contribution in [2.75, 3.05) is 19.6 Å². The van der Waals surface area contributed by atoms with Gasteiger partial charge < -0.3 is 10.0 Å². The molecular formula is C16H35NO. The maximum Gasteiger partial charge on any atom is 0.0639 e. The quantitative estimate of drug-likeness (QED) is 0.715. The lowest BCUT2D eigenvalue weighted by Crippen LogP contribution is -2.38. The van der Waals surface area contributed by atoms with Gasteiger partial charge in [-0.2, -0.15) is 0 Å². The predicted octanol–water partition coefficient (Wildman–Crippen LogP) is 3.79. The van der Waals surface area contributed by atoms with Crippen LogP contribution in [0.2, 0.25) is 0 Å². The van der Waals surface area contributed by atoms with Crippen LogP contribution in [-0.4, -0.2) is 35.7 Å². The van der Waals surface area contributed by atoms with Crippen molar-refractivity contribution in [3.8, 4) is 0 Å². The van der Waals surface area contributed by atoms with Crippen molar-refractivity contribution >= 4 is 0 Å². The Hall–Kier alpha value is -0.0800. The summed E-state index contributed by atoms with van der Waals surface area (Å²) in [6.45, 7) is 18.6. The summed E-state index contributed by atoms with van der Waals surface area (Å²) in [4.78, 5) is 2.44. The summed E-state index contributed by atoms with van der Waals surface area (Å²) in [7, 11) is 0. The summed E-state index contributed by atoms with van der Waals surface area (Å²) < 4.78 is 0. The molecule has 0 radical (unpaired) electrons. The molecule has 0 saturated heterocycles. The van der Waals surface area contributed by atoms with Gasteiger partial charge in [0.2, 0.25) is 0 Å². The van der Waals surface area contributed by atoms with Crippen LogP contribution in [0.15, 0.2) is 0 Å². The summed E-state index contributed by atoms with van der Waals surface area (Å²) in [6.07, 6.45) is 2.26. The van der Waals surface area contributed by atoms with Crippen LogP contribution in [0.3, 0.4) is 0 Å². The van der Waals surface area contributed by atoms with E-state index in [4.69, 9.17) is 0 Å². The molecule has 0 aromatic carbocycles. The fourth-order valence-electron chi connectivity index (χ4n) is 2.68. The molecule has 0 fully saturated rings. The number of rotatable bonds is 8. The molecular weight excluding hydrogens is 222 g/mol. The molecule has 2 unspecified atom stereocenters. The van der Waals surface area contributed by atoms with Crippen LogP contribution < -0.4 is 0 Å². The van der Waals surface area contributed by atoms with E-state index in [2.05, 4.69) is 46.4 Å². The highest BCUT2D eigenvalue weighted by Gasteiger charge is 2.21. The van der Waals surface area contributed by atoms with Gasteiger partial charge in [-0.05, 0) is 30.6 Å². The van der Waals surface area contributed by atoms with Gasteiger partial charge in [0, 0.05) is 19.6 Å². The standard InChI is InChI=1S/C16H35NO/c1-8-15(9-16(5,6)7)12-17(10-13(2)3)11-14(4)18/h13-15,18H,8-12H2,1-7H3. The zero-order chi connectivity index (χ0) is 14.3. The van der Waals surface area contributed by atoms with Crippen LogP contribution in [-0.2, 0) is 0 Å². The fourth-order valence-corrected chi connectivity index (χ4v) is 2.68. The first-order chi connectivity index (χ1) is 8.14. The number of aliphatic hydroxyl groups is 1. The van der Waals surface area contributed by atoms with E-state index in [0.717, 1.165) is 25.6 Å². The third kappa shape index (κ3) is 9.90. The predicted molar refractivity (Wildman–Crippen MR) is 80.8 cm³/mol. The number of aliphatic hydroxyl groups excluding tert-OH is 1.